The lowest BCUT2D eigenvalue weighted by Gasteiger charge is -2.40. The minimum atomic E-state index is 0.225. The van der Waals surface area contributed by atoms with Crippen LogP contribution in [0.15, 0.2) is 24.3 Å². The van der Waals surface area contributed by atoms with Crippen LogP contribution in [0.4, 0.5) is 5.69 Å². The van der Waals surface area contributed by atoms with Crippen LogP contribution in [0.1, 0.15) is 38.7 Å². The number of aliphatic hydroxyl groups is 1. The molecule has 0 bridgehead atoms. The van der Waals surface area contributed by atoms with Crippen LogP contribution in [-0.4, -0.2) is 30.3 Å². The molecule has 1 saturated carbocycles. The van der Waals surface area contributed by atoms with E-state index in [0.29, 0.717) is 12.1 Å². The molecule has 3 heteroatoms. The van der Waals surface area contributed by atoms with E-state index < -0.39 is 0 Å². The van der Waals surface area contributed by atoms with E-state index in [1.807, 2.05) is 0 Å². The molecule has 1 aliphatic rings. The Bertz CT molecular complexity index is 388. The van der Waals surface area contributed by atoms with Crippen LogP contribution in [0.5, 0.6) is 0 Å². The molecule has 0 spiro atoms. The monoisotopic (exact) mass is 262 g/mol. The second-order valence-electron chi connectivity index (χ2n) is 5.67. The summed E-state index contributed by atoms with van der Waals surface area (Å²) in [5.74, 6) is 0. The second kappa shape index (κ2) is 6.92. The minimum absolute atomic E-state index is 0.225. The summed E-state index contributed by atoms with van der Waals surface area (Å²) in [4.78, 5) is 2.39. The van der Waals surface area contributed by atoms with Gasteiger partial charge in [-0.25, -0.2) is 0 Å². The first-order valence-corrected chi connectivity index (χ1v) is 7.41. The topological polar surface area (TPSA) is 35.5 Å². The summed E-state index contributed by atoms with van der Waals surface area (Å²) in [5, 5.41) is 12.8. The molecule has 0 radical (unpaired) electrons. The zero-order valence-electron chi connectivity index (χ0n) is 12.1. The lowest BCUT2D eigenvalue weighted by Crippen LogP contribution is -2.42. The predicted molar refractivity (Wildman–Crippen MR) is 80.5 cm³/mol. The molecule has 0 aliphatic heterocycles. The van der Waals surface area contributed by atoms with Crippen LogP contribution in [0.3, 0.4) is 0 Å². The first kappa shape index (κ1) is 14.4. The molecule has 1 aromatic rings. The quantitative estimate of drug-likeness (QED) is 0.792. The van der Waals surface area contributed by atoms with Crippen LogP contribution < -0.4 is 10.2 Å². The maximum atomic E-state index is 9.32. The third kappa shape index (κ3) is 3.71. The molecule has 3 nitrogen and oxygen atoms in total. The number of hydrogen-bond acceptors (Lipinski definition) is 3. The lowest BCUT2D eigenvalue weighted by atomic mass is 9.90. The molecule has 0 atom stereocenters. The highest BCUT2D eigenvalue weighted by Gasteiger charge is 2.25. The van der Waals surface area contributed by atoms with Gasteiger partial charge in [0.05, 0.1) is 6.61 Å². The van der Waals surface area contributed by atoms with Gasteiger partial charge in [0.25, 0.3) is 0 Å². The Labute approximate surface area is 116 Å². The Morgan fingerprint density at radius 3 is 2.63 bits per heavy atom. The van der Waals surface area contributed by atoms with Gasteiger partial charge in [-0.3, -0.25) is 0 Å². The van der Waals surface area contributed by atoms with E-state index in [1.54, 1.807) is 0 Å². The summed E-state index contributed by atoms with van der Waals surface area (Å²) in [5.41, 5.74) is 2.62. The van der Waals surface area contributed by atoms with Crippen molar-refractivity contribution in [2.24, 2.45) is 0 Å². The molecule has 0 heterocycles. The number of nitrogens with zero attached hydrogens (tertiary/aromatic N) is 1. The van der Waals surface area contributed by atoms with Gasteiger partial charge in [-0.05, 0) is 30.9 Å². The van der Waals surface area contributed by atoms with E-state index in [-0.39, 0.29) is 6.61 Å². The normalized spacial score (nSPS) is 15.6. The Morgan fingerprint density at radius 1 is 1.32 bits per heavy atom. The van der Waals surface area contributed by atoms with E-state index in [4.69, 9.17) is 0 Å². The highest BCUT2D eigenvalue weighted by Crippen LogP contribution is 2.31. The van der Waals surface area contributed by atoms with Crippen LogP contribution in [0.25, 0.3) is 0 Å². The highest BCUT2D eigenvalue weighted by molar-refractivity contribution is 5.54. The van der Waals surface area contributed by atoms with Crippen molar-refractivity contribution in [2.45, 2.75) is 51.7 Å². The van der Waals surface area contributed by atoms with Gasteiger partial charge in [0, 0.05) is 30.9 Å². The largest absolute Gasteiger partial charge is 0.395 e. The van der Waals surface area contributed by atoms with Gasteiger partial charge >= 0.3 is 0 Å². The molecule has 0 unspecified atom stereocenters. The highest BCUT2D eigenvalue weighted by atomic mass is 16.3. The van der Waals surface area contributed by atoms with Crippen molar-refractivity contribution in [3.63, 3.8) is 0 Å². The molecule has 1 aliphatic carbocycles. The molecule has 1 aromatic carbocycles. The lowest BCUT2D eigenvalue weighted by molar-refractivity contribution is 0.283. The number of benzene rings is 1. The second-order valence-corrected chi connectivity index (χ2v) is 5.67. The summed E-state index contributed by atoms with van der Waals surface area (Å²) >= 11 is 0. The molecule has 106 valence electrons. The number of nitrogens with one attached hydrogen (secondary N) is 1. The fourth-order valence-electron chi connectivity index (χ4n) is 2.56. The van der Waals surface area contributed by atoms with Gasteiger partial charge in [0.2, 0.25) is 0 Å². The average molecular weight is 262 g/mol. The summed E-state index contributed by atoms with van der Waals surface area (Å²) in [6.07, 6.45) is 3.83. The Balaban J connectivity index is 2.15. The molecule has 19 heavy (non-hydrogen) atoms. The number of anilines is 1. The van der Waals surface area contributed by atoms with Crippen LogP contribution in [0.2, 0.25) is 0 Å². The van der Waals surface area contributed by atoms with Crippen molar-refractivity contribution in [3.8, 4) is 0 Å². The van der Waals surface area contributed by atoms with E-state index in [2.05, 4.69) is 48.3 Å². The molecule has 0 aromatic heterocycles. The molecule has 2 rings (SSSR count). The van der Waals surface area contributed by atoms with E-state index in [0.717, 1.165) is 13.1 Å². The van der Waals surface area contributed by atoms with Crippen molar-refractivity contribution >= 4 is 5.69 Å². The third-order valence-corrected chi connectivity index (χ3v) is 3.86. The smallest absolute Gasteiger partial charge is 0.0606 e. The standard InChI is InChI=1S/C16H26N2O/c1-13(2)17-12-14-6-3-4-9-16(14)18(10-11-19)15-7-5-8-15/h3-4,6,9,13,15,17,19H,5,7-8,10-12H2,1-2H3. The summed E-state index contributed by atoms with van der Waals surface area (Å²) in [7, 11) is 0. The number of aliphatic hydroxyl groups excluding tert-OH is 1. The SMILES string of the molecule is CC(C)NCc1ccccc1N(CCO)C1CCC1. The maximum absolute atomic E-state index is 9.32. The Hall–Kier alpha value is -1.06. The van der Waals surface area contributed by atoms with Gasteiger partial charge in [0.1, 0.15) is 0 Å². The molecular formula is C16H26N2O. The fraction of sp³-hybridized carbons (Fsp3) is 0.625. The third-order valence-electron chi connectivity index (χ3n) is 3.86. The molecule has 0 amide bonds. The van der Waals surface area contributed by atoms with Crippen LogP contribution in [-0.2, 0) is 6.54 Å². The van der Waals surface area contributed by atoms with Gasteiger partial charge in [-0.2, -0.15) is 0 Å². The van der Waals surface area contributed by atoms with Crippen LogP contribution >= 0.6 is 0 Å². The van der Waals surface area contributed by atoms with E-state index in [9.17, 15) is 5.11 Å². The van der Waals surface area contributed by atoms with E-state index in [1.165, 1.54) is 30.5 Å². The molecule has 1 fully saturated rings. The number of para-hydroxylation sites is 1. The Kier molecular flexibility index (Phi) is 5.23. The maximum Gasteiger partial charge on any atom is 0.0606 e. The number of rotatable bonds is 7. The summed E-state index contributed by atoms with van der Waals surface area (Å²) < 4.78 is 0. The van der Waals surface area contributed by atoms with Gasteiger partial charge in [-0.15, -0.1) is 0 Å². The summed E-state index contributed by atoms with van der Waals surface area (Å²) in [6.45, 7) is 6.19. The van der Waals surface area contributed by atoms with Gasteiger partial charge in [0.15, 0.2) is 0 Å². The molecule has 0 saturated heterocycles. The predicted octanol–water partition coefficient (Wildman–Crippen LogP) is 2.54. The van der Waals surface area contributed by atoms with Crippen molar-refractivity contribution in [3.05, 3.63) is 29.8 Å². The molecule has 2 N–H and O–H groups in total. The zero-order chi connectivity index (χ0) is 13.7. The minimum Gasteiger partial charge on any atom is -0.395 e. The van der Waals surface area contributed by atoms with Crippen LogP contribution in [0, 0.1) is 0 Å². The number of hydrogen-bond donors (Lipinski definition) is 2. The van der Waals surface area contributed by atoms with Gasteiger partial charge in [-0.1, -0.05) is 32.0 Å². The first-order valence-electron chi connectivity index (χ1n) is 7.41. The molecular weight excluding hydrogens is 236 g/mol. The fourth-order valence-corrected chi connectivity index (χ4v) is 2.56. The van der Waals surface area contributed by atoms with Crippen molar-refractivity contribution < 1.29 is 5.11 Å². The Morgan fingerprint density at radius 2 is 2.05 bits per heavy atom. The average Bonchev–Trinajstić information content (AvgIpc) is 2.34. The van der Waals surface area contributed by atoms with Crippen molar-refractivity contribution in [1.82, 2.24) is 5.32 Å². The zero-order valence-corrected chi connectivity index (χ0v) is 12.1. The van der Waals surface area contributed by atoms with Gasteiger partial charge < -0.3 is 15.3 Å². The van der Waals surface area contributed by atoms with Crippen molar-refractivity contribution in [2.75, 3.05) is 18.1 Å². The first-order chi connectivity index (χ1) is 9.22. The van der Waals surface area contributed by atoms with Crippen molar-refractivity contribution in [1.29, 1.82) is 0 Å². The summed E-state index contributed by atoms with van der Waals surface area (Å²) in [6, 6.07) is 9.67. The van der Waals surface area contributed by atoms with E-state index >= 15 is 0 Å².